The van der Waals surface area contributed by atoms with E-state index in [1.807, 2.05) is 78.9 Å². The minimum absolute atomic E-state index is 0.116. The minimum Gasteiger partial charge on any atom is -0.497 e. The Kier molecular flexibility index (Phi) is 11.7. The van der Waals surface area contributed by atoms with Crippen molar-refractivity contribution in [1.82, 2.24) is 0 Å². The SMILES string of the molecule is COC(=O)CCCCCC(OCc1cccc(OC)c1)C(=O)N(Cc1cccc(OC)c1)c1ccccc1. The quantitative estimate of drug-likeness (QED) is 0.183. The highest BCUT2D eigenvalue weighted by Gasteiger charge is 2.26. The number of amides is 1. The van der Waals surface area contributed by atoms with E-state index in [0.29, 0.717) is 25.8 Å². The van der Waals surface area contributed by atoms with Crippen LogP contribution in [0.3, 0.4) is 0 Å². The van der Waals surface area contributed by atoms with Gasteiger partial charge in [-0.15, -0.1) is 0 Å². The van der Waals surface area contributed by atoms with Gasteiger partial charge in [0.15, 0.2) is 0 Å². The van der Waals surface area contributed by atoms with Crippen LogP contribution >= 0.6 is 0 Å². The average Bonchev–Trinajstić information content (AvgIpc) is 2.97. The number of carbonyl (C=O) groups is 2. The van der Waals surface area contributed by atoms with Gasteiger partial charge in [-0.25, -0.2) is 0 Å². The molecule has 3 rings (SSSR count). The summed E-state index contributed by atoms with van der Waals surface area (Å²) in [5.41, 5.74) is 2.67. The maximum Gasteiger partial charge on any atom is 0.305 e. The summed E-state index contributed by atoms with van der Waals surface area (Å²) in [7, 11) is 4.64. The number of ether oxygens (including phenoxy) is 4. The van der Waals surface area contributed by atoms with Gasteiger partial charge in [0.2, 0.25) is 0 Å². The molecule has 38 heavy (non-hydrogen) atoms. The second kappa shape index (κ2) is 15.4. The Morgan fingerprint density at radius 3 is 2.08 bits per heavy atom. The molecule has 0 spiro atoms. The molecule has 0 heterocycles. The molecule has 0 bridgehead atoms. The number of nitrogens with zero attached hydrogens (tertiary/aromatic N) is 1. The molecule has 1 unspecified atom stereocenters. The maximum atomic E-state index is 14.0. The van der Waals surface area contributed by atoms with Crippen molar-refractivity contribution >= 4 is 17.6 Å². The van der Waals surface area contributed by atoms with Crippen LogP contribution in [-0.4, -0.2) is 39.3 Å². The van der Waals surface area contributed by atoms with Gasteiger partial charge in [0.25, 0.3) is 5.91 Å². The van der Waals surface area contributed by atoms with Crippen molar-refractivity contribution in [3.63, 3.8) is 0 Å². The van der Waals surface area contributed by atoms with E-state index in [9.17, 15) is 9.59 Å². The topological polar surface area (TPSA) is 74.3 Å². The first kappa shape index (κ1) is 28.7. The van der Waals surface area contributed by atoms with Gasteiger partial charge in [-0.2, -0.15) is 0 Å². The lowest BCUT2D eigenvalue weighted by atomic mass is 10.1. The van der Waals surface area contributed by atoms with Gasteiger partial charge in [-0.05, 0) is 60.4 Å². The first-order chi connectivity index (χ1) is 18.5. The number of methoxy groups -OCH3 is 3. The summed E-state index contributed by atoms with van der Waals surface area (Å²) in [6.45, 7) is 0.652. The van der Waals surface area contributed by atoms with E-state index in [0.717, 1.165) is 41.2 Å². The smallest absolute Gasteiger partial charge is 0.305 e. The molecule has 0 saturated carbocycles. The molecule has 0 aromatic heterocycles. The van der Waals surface area contributed by atoms with Crippen LogP contribution in [0.5, 0.6) is 11.5 Å². The van der Waals surface area contributed by atoms with Crippen molar-refractivity contribution in [2.45, 2.75) is 51.4 Å². The predicted molar refractivity (Wildman–Crippen MR) is 147 cm³/mol. The number of rotatable bonds is 15. The monoisotopic (exact) mass is 519 g/mol. The fourth-order valence-electron chi connectivity index (χ4n) is 4.15. The van der Waals surface area contributed by atoms with Crippen LogP contribution in [0.1, 0.15) is 43.2 Å². The van der Waals surface area contributed by atoms with E-state index in [2.05, 4.69) is 0 Å². The number of benzene rings is 3. The molecule has 3 aromatic rings. The number of hydrogen-bond acceptors (Lipinski definition) is 6. The molecule has 3 aromatic carbocycles. The second-order valence-corrected chi connectivity index (χ2v) is 8.94. The molecule has 0 aliphatic rings. The second-order valence-electron chi connectivity index (χ2n) is 8.94. The normalized spacial score (nSPS) is 11.4. The first-order valence-corrected chi connectivity index (χ1v) is 12.8. The number of anilines is 1. The first-order valence-electron chi connectivity index (χ1n) is 12.8. The van der Waals surface area contributed by atoms with E-state index >= 15 is 0 Å². The number of para-hydroxylation sites is 1. The van der Waals surface area contributed by atoms with E-state index < -0.39 is 6.10 Å². The van der Waals surface area contributed by atoms with Crippen molar-refractivity contribution in [3.05, 3.63) is 90.0 Å². The van der Waals surface area contributed by atoms with E-state index in [1.165, 1.54) is 7.11 Å². The molecule has 0 aliphatic heterocycles. The summed E-state index contributed by atoms with van der Waals surface area (Å²) in [6.07, 6.45) is 2.48. The molecule has 202 valence electrons. The van der Waals surface area contributed by atoms with Crippen LogP contribution in [0.4, 0.5) is 5.69 Å². The van der Waals surface area contributed by atoms with Gasteiger partial charge in [-0.3, -0.25) is 9.59 Å². The summed E-state index contributed by atoms with van der Waals surface area (Å²) >= 11 is 0. The Morgan fingerprint density at radius 2 is 1.42 bits per heavy atom. The zero-order valence-corrected chi connectivity index (χ0v) is 22.4. The number of esters is 1. The number of carbonyl (C=O) groups excluding carboxylic acids is 2. The molecule has 0 saturated heterocycles. The Balaban J connectivity index is 1.80. The van der Waals surface area contributed by atoms with Gasteiger partial charge in [0.05, 0.1) is 34.5 Å². The molecule has 0 radical (unpaired) electrons. The van der Waals surface area contributed by atoms with Crippen LogP contribution in [0, 0.1) is 0 Å². The fraction of sp³-hybridized carbons (Fsp3) is 0.355. The van der Waals surface area contributed by atoms with Crippen molar-refractivity contribution in [3.8, 4) is 11.5 Å². The third-order valence-corrected chi connectivity index (χ3v) is 6.24. The van der Waals surface area contributed by atoms with Gasteiger partial charge >= 0.3 is 5.97 Å². The van der Waals surface area contributed by atoms with Crippen molar-refractivity contribution in [1.29, 1.82) is 0 Å². The molecule has 1 atom stereocenters. The van der Waals surface area contributed by atoms with Crippen molar-refractivity contribution in [2.75, 3.05) is 26.2 Å². The summed E-state index contributed by atoms with van der Waals surface area (Å²) in [5, 5.41) is 0. The van der Waals surface area contributed by atoms with E-state index in [-0.39, 0.29) is 18.5 Å². The highest BCUT2D eigenvalue weighted by molar-refractivity contribution is 5.96. The third kappa shape index (κ3) is 8.92. The number of hydrogen-bond donors (Lipinski definition) is 0. The highest BCUT2D eigenvalue weighted by Crippen LogP contribution is 2.24. The standard InChI is InChI=1S/C31H37NO6/c1-35-27-16-10-12-24(20-27)22-32(26-14-6-4-7-15-26)31(34)29(18-8-5-9-19-30(33)37-3)38-23-25-13-11-17-28(21-25)36-2/h4,6-7,10-17,20-21,29H,5,8-9,18-19,22-23H2,1-3H3. The van der Waals surface area contributed by atoms with Gasteiger partial charge in [0, 0.05) is 12.1 Å². The largest absolute Gasteiger partial charge is 0.497 e. The molecule has 7 heteroatoms. The zero-order valence-electron chi connectivity index (χ0n) is 22.4. The lowest BCUT2D eigenvalue weighted by molar-refractivity contribution is -0.140. The Morgan fingerprint density at radius 1 is 0.763 bits per heavy atom. The molecule has 1 amide bonds. The Hall–Kier alpha value is -3.84. The highest BCUT2D eigenvalue weighted by atomic mass is 16.5. The summed E-state index contributed by atoms with van der Waals surface area (Å²) in [6, 6.07) is 24.9. The summed E-state index contributed by atoms with van der Waals surface area (Å²) < 4.78 is 21.7. The lowest BCUT2D eigenvalue weighted by Gasteiger charge is -2.28. The van der Waals surface area contributed by atoms with Gasteiger partial charge < -0.3 is 23.8 Å². The van der Waals surface area contributed by atoms with Crippen LogP contribution in [-0.2, 0) is 32.2 Å². The van der Waals surface area contributed by atoms with Crippen LogP contribution in [0.25, 0.3) is 0 Å². The van der Waals surface area contributed by atoms with Crippen LogP contribution in [0.15, 0.2) is 78.9 Å². The fourth-order valence-corrected chi connectivity index (χ4v) is 4.15. The third-order valence-electron chi connectivity index (χ3n) is 6.24. The van der Waals surface area contributed by atoms with Crippen LogP contribution < -0.4 is 14.4 Å². The number of unbranched alkanes of at least 4 members (excludes halogenated alkanes) is 2. The van der Waals surface area contributed by atoms with Crippen molar-refractivity contribution in [2.24, 2.45) is 0 Å². The maximum absolute atomic E-state index is 14.0. The van der Waals surface area contributed by atoms with E-state index in [1.54, 1.807) is 19.1 Å². The molecule has 7 nitrogen and oxygen atoms in total. The molecule has 0 fully saturated rings. The summed E-state index contributed by atoms with van der Waals surface area (Å²) in [5.74, 6) is 1.13. The zero-order chi connectivity index (χ0) is 27.2. The Bertz CT molecular complexity index is 1150. The molecule has 0 N–H and O–H groups in total. The van der Waals surface area contributed by atoms with E-state index in [4.69, 9.17) is 18.9 Å². The van der Waals surface area contributed by atoms with Gasteiger partial charge in [-0.1, -0.05) is 55.3 Å². The average molecular weight is 520 g/mol. The van der Waals surface area contributed by atoms with Gasteiger partial charge in [0.1, 0.15) is 17.6 Å². The minimum atomic E-state index is -0.662. The summed E-state index contributed by atoms with van der Waals surface area (Å²) in [4.78, 5) is 27.3. The molecular weight excluding hydrogens is 482 g/mol. The lowest BCUT2D eigenvalue weighted by Crippen LogP contribution is -2.40. The molecular formula is C31H37NO6. The van der Waals surface area contributed by atoms with Crippen LogP contribution in [0.2, 0.25) is 0 Å². The van der Waals surface area contributed by atoms with Crippen molar-refractivity contribution < 1.29 is 28.5 Å². The molecule has 0 aliphatic carbocycles. The predicted octanol–water partition coefficient (Wildman–Crippen LogP) is 5.95. The Labute approximate surface area is 225 Å².